The molecule has 2 aromatic heterocycles. The Bertz CT molecular complexity index is 1300. The number of rotatable bonds is 5. The number of pyridine rings is 1. The maximum Gasteiger partial charge on any atom is 0.128 e. The summed E-state index contributed by atoms with van der Waals surface area (Å²) in [5, 5.41) is 1.47. The summed E-state index contributed by atoms with van der Waals surface area (Å²) in [7, 11) is 0. The van der Waals surface area contributed by atoms with Gasteiger partial charge >= 0.3 is 0 Å². The van der Waals surface area contributed by atoms with Crippen LogP contribution in [0.4, 0.5) is 5.82 Å². The second-order valence-electron chi connectivity index (χ2n) is 9.98. The third kappa shape index (κ3) is 3.80. The van der Waals surface area contributed by atoms with Crippen molar-refractivity contribution < 1.29 is 0 Å². The smallest absolute Gasteiger partial charge is 0.128 e. The van der Waals surface area contributed by atoms with Crippen molar-refractivity contribution in [2.24, 2.45) is 0 Å². The van der Waals surface area contributed by atoms with Crippen LogP contribution < -0.4 is 4.90 Å². The van der Waals surface area contributed by atoms with Gasteiger partial charge in [-0.05, 0) is 67.5 Å². The fourth-order valence-corrected chi connectivity index (χ4v) is 6.11. The lowest BCUT2D eigenvalue weighted by atomic mass is 9.94. The van der Waals surface area contributed by atoms with Gasteiger partial charge in [-0.3, -0.25) is 4.90 Å². The highest BCUT2D eigenvalue weighted by Gasteiger charge is 2.27. The molecule has 1 atom stereocenters. The zero-order valence-electron chi connectivity index (χ0n) is 20.4. The largest absolute Gasteiger partial charge is 0.354 e. The summed E-state index contributed by atoms with van der Waals surface area (Å²) in [6.45, 7) is 9.92. The second-order valence-corrected chi connectivity index (χ2v) is 9.98. The first kappa shape index (κ1) is 21.4. The van der Waals surface area contributed by atoms with Gasteiger partial charge in [0.1, 0.15) is 5.82 Å². The van der Waals surface area contributed by atoms with Crippen LogP contribution in [0.1, 0.15) is 40.4 Å². The molecule has 4 nitrogen and oxygen atoms in total. The van der Waals surface area contributed by atoms with Gasteiger partial charge in [-0.2, -0.15) is 0 Å². The molecule has 2 aliphatic rings. The summed E-state index contributed by atoms with van der Waals surface area (Å²) in [4.78, 5) is 9.65. The van der Waals surface area contributed by atoms with E-state index in [-0.39, 0.29) is 0 Å². The van der Waals surface area contributed by atoms with E-state index in [1.165, 1.54) is 39.7 Å². The summed E-state index contributed by atoms with van der Waals surface area (Å²) < 4.78 is 2.65. The zero-order valence-corrected chi connectivity index (χ0v) is 20.4. The first-order chi connectivity index (χ1) is 16.7. The lowest BCUT2D eigenvalue weighted by molar-refractivity contribution is 0.260. The van der Waals surface area contributed by atoms with E-state index in [1.807, 2.05) is 6.20 Å². The molecule has 0 amide bonds. The van der Waals surface area contributed by atoms with Crippen molar-refractivity contribution in [1.29, 1.82) is 0 Å². The predicted molar refractivity (Wildman–Crippen MR) is 141 cm³/mol. The third-order valence-electron chi connectivity index (χ3n) is 7.94. The molecule has 2 aliphatic heterocycles. The number of anilines is 1. The topological polar surface area (TPSA) is 24.3 Å². The van der Waals surface area contributed by atoms with Crippen LogP contribution in [-0.4, -0.2) is 47.2 Å². The predicted octanol–water partition coefficient (Wildman–Crippen LogP) is 5.55. The van der Waals surface area contributed by atoms with E-state index >= 15 is 0 Å². The number of nitrogens with zero attached hydrogens (tertiary/aromatic N) is 4. The van der Waals surface area contributed by atoms with Crippen LogP contribution >= 0.6 is 0 Å². The van der Waals surface area contributed by atoms with Crippen LogP contribution in [0.15, 0.2) is 66.9 Å². The highest BCUT2D eigenvalue weighted by atomic mass is 15.3. The minimum atomic E-state index is 0.442. The summed E-state index contributed by atoms with van der Waals surface area (Å²) in [5.74, 6) is 1.12. The van der Waals surface area contributed by atoms with Gasteiger partial charge in [0, 0.05) is 50.0 Å². The van der Waals surface area contributed by atoms with Crippen LogP contribution in [0.25, 0.3) is 10.9 Å². The highest BCUT2D eigenvalue weighted by molar-refractivity contribution is 5.89. The number of benzene rings is 2. The van der Waals surface area contributed by atoms with E-state index in [9.17, 15) is 0 Å². The van der Waals surface area contributed by atoms with Crippen molar-refractivity contribution in [3.8, 4) is 0 Å². The molecular formula is C30H34N4. The number of aromatic nitrogens is 2. The molecule has 1 fully saturated rings. The average Bonchev–Trinajstić information content (AvgIpc) is 3.17. The normalized spacial score (nSPS) is 18.5. The number of hydrogen-bond donors (Lipinski definition) is 0. The fourth-order valence-electron chi connectivity index (χ4n) is 6.11. The molecule has 4 aromatic rings. The molecule has 0 radical (unpaired) electrons. The lowest BCUT2D eigenvalue weighted by Crippen LogP contribution is -2.47. The van der Waals surface area contributed by atoms with Crippen molar-refractivity contribution >= 4 is 16.7 Å². The van der Waals surface area contributed by atoms with Gasteiger partial charge in [-0.15, -0.1) is 0 Å². The van der Waals surface area contributed by atoms with Gasteiger partial charge in [0.25, 0.3) is 0 Å². The average molecular weight is 451 g/mol. The molecule has 4 heterocycles. The van der Waals surface area contributed by atoms with Crippen LogP contribution in [0.3, 0.4) is 0 Å². The molecule has 0 N–H and O–H groups in total. The van der Waals surface area contributed by atoms with E-state index in [0.717, 1.165) is 51.4 Å². The van der Waals surface area contributed by atoms with Gasteiger partial charge in [0.05, 0.1) is 11.6 Å². The molecule has 0 bridgehead atoms. The second kappa shape index (κ2) is 8.92. The summed E-state index contributed by atoms with van der Waals surface area (Å²) >= 11 is 0. The summed E-state index contributed by atoms with van der Waals surface area (Å²) in [5.41, 5.74) is 8.71. The van der Waals surface area contributed by atoms with Gasteiger partial charge in [-0.1, -0.05) is 48.5 Å². The molecule has 34 heavy (non-hydrogen) atoms. The van der Waals surface area contributed by atoms with Gasteiger partial charge in [0.15, 0.2) is 0 Å². The molecule has 4 heteroatoms. The Balaban J connectivity index is 1.22. The Morgan fingerprint density at radius 1 is 0.912 bits per heavy atom. The first-order valence-corrected chi connectivity index (χ1v) is 12.8. The van der Waals surface area contributed by atoms with Crippen LogP contribution in [0.5, 0.6) is 0 Å². The van der Waals surface area contributed by atoms with Gasteiger partial charge in [-0.25, -0.2) is 4.98 Å². The maximum atomic E-state index is 4.59. The minimum absolute atomic E-state index is 0.442. The molecule has 174 valence electrons. The standard InChI is InChI=1S/C30H34N4/c1-22-13-15-31-29(21-22)33-19-17-32(18-20-33)16-14-26-23(2)34-28(24-7-4-3-5-8-24)12-11-25-9-6-10-27(26)30(25)34/h3-10,13,15,21,28H,11-12,14,16-20H2,1-2H3. The molecule has 1 saturated heterocycles. The Hall–Kier alpha value is -3.11. The van der Waals surface area contributed by atoms with Crippen LogP contribution in [0.2, 0.25) is 0 Å². The molecule has 0 saturated carbocycles. The van der Waals surface area contributed by atoms with Crippen molar-refractivity contribution in [3.63, 3.8) is 0 Å². The first-order valence-electron chi connectivity index (χ1n) is 12.8. The van der Waals surface area contributed by atoms with E-state index in [1.54, 1.807) is 5.56 Å². The molecular weight excluding hydrogens is 416 g/mol. The minimum Gasteiger partial charge on any atom is -0.354 e. The van der Waals surface area contributed by atoms with Crippen LogP contribution in [0, 0.1) is 13.8 Å². The Morgan fingerprint density at radius 2 is 1.74 bits per heavy atom. The molecule has 0 spiro atoms. The highest BCUT2D eigenvalue weighted by Crippen LogP contribution is 2.40. The number of para-hydroxylation sites is 1. The molecule has 0 aliphatic carbocycles. The zero-order chi connectivity index (χ0) is 23.1. The number of aryl methyl sites for hydroxylation is 2. The number of hydrogen-bond acceptors (Lipinski definition) is 3. The van der Waals surface area contributed by atoms with Crippen molar-refractivity contribution in [2.75, 3.05) is 37.6 Å². The Morgan fingerprint density at radius 3 is 2.53 bits per heavy atom. The summed E-state index contributed by atoms with van der Waals surface area (Å²) in [6, 6.07) is 22.8. The van der Waals surface area contributed by atoms with E-state index in [0.29, 0.717) is 6.04 Å². The van der Waals surface area contributed by atoms with Gasteiger partial charge < -0.3 is 9.47 Å². The molecule has 1 unspecified atom stereocenters. The fraction of sp³-hybridized carbons (Fsp3) is 0.367. The van der Waals surface area contributed by atoms with Gasteiger partial charge in [0.2, 0.25) is 0 Å². The Labute approximate surface area is 202 Å². The lowest BCUT2D eigenvalue weighted by Gasteiger charge is -2.35. The third-order valence-corrected chi connectivity index (χ3v) is 7.94. The monoisotopic (exact) mass is 450 g/mol. The van der Waals surface area contributed by atoms with Crippen molar-refractivity contribution in [3.05, 3.63) is 94.8 Å². The molecule has 2 aromatic carbocycles. The van der Waals surface area contributed by atoms with E-state index in [2.05, 4.69) is 93.9 Å². The van der Waals surface area contributed by atoms with Crippen LogP contribution in [-0.2, 0) is 12.8 Å². The quantitative estimate of drug-likeness (QED) is 0.398. The van der Waals surface area contributed by atoms with E-state index in [4.69, 9.17) is 0 Å². The molecule has 6 rings (SSSR count). The maximum absolute atomic E-state index is 4.59. The van der Waals surface area contributed by atoms with Crippen molar-refractivity contribution in [2.45, 2.75) is 39.2 Å². The SMILES string of the molecule is Cc1ccnc(N2CCN(CCc3c(C)n4c5c(cccc35)CCC4c3ccccc3)CC2)c1. The van der Waals surface area contributed by atoms with Crippen molar-refractivity contribution in [1.82, 2.24) is 14.5 Å². The number of piperazine rings is 1. The van der Waals surface area contributed by atoms with E-state index < -0.39 is 0 Å². The Kier molecular flexibility index (Phi) is 5.62. The summed E-state index contributed by atoms with van der Waals surface area (Å²) in [6.07, 6.45) is 5.39.